The smallest absolute Gasteiger partial charge is 0.238 e. The van der Waals surface area contributed by atoms with E-state index in [2.05, 4.69) is 15.3 Å². The van der Waals surface area contributed by atoms with Crippen molar-refractivity contribution in [2.45, 2.75) is 32.3 Å². The number of aliphatic hydroxyl groups excluding tert-OH is 1. The van der Waals surface area contributed by atoms with Gasteiger partial charge < -0.3 is 25.0 Å². The number of amides is 1. The van der Waals surface area contributed by atoms with E-state index < -0.39 is 24.2 Å². The van der Waals surface area contributed by atoms with Crippen molar-refractivity contribution in [2.75, 3.05) is 62.7 Å². The maximum atomic E-state index is 15.1. The number of anilines is 2. The van der Waals surface area contributed by atoms with E-state index in [0.717, 1.165) is 19.0 Å². The molecule has 3 aliphatic rings. The van der Waals surface area contributed by atoms with Gasteiger partial charge in [0.25, 0.3) is 0 Å². The van der Waals surface area contributed by atoms with Gasteiger partial charge in [-0.15, -0.1) is 0 Å². The van der Waals surface area contributed by atoms with Crippen LogP contribution in [0.2, 0.25) is 0 Å². The number of carbonyl (C=O) groups is 1. The van der Waals surface area contributed by atoms with E-state index in [4.69, 9.17) is 4.74 Å². The van der Waals surface area contributed by atoms with Crippen LogP contribution in [0.15, 0.2) is 12.1 Å². The van der Waals surface area contributed by atoms with Crippen molar-refractivity contribution < 1.29 is 23.4 Å². The number of halogens is 2. The van der Waals surface area contributed by atoms with E-state index in [1.807, 2.05) is 7.05 Å². The number of likely N-dealkylation sites (N-methyl/N-ethyl adjacent to an activating group) is 1. The molecule has 4 rings (SSSR count). The number of nitrogens with one attached hydrogen (secondary N) is 1. The minimum absolute atomic E-state index is 0.0326. The third kappa shape index (κ3) is 5.25. The lowest BCUT2D eigenvalue weighted by Crippen LogP contribution is -2.41. The first-order valence-electron chi connectivity index (χ1n) is 10.9. The molecule has 2 atom stereocenters. The number of nitrogens with zero attached hydrogens (tertiary/aromatic N) is 4. The number of benzene rings is 1. The van der Waals surface area contributed by atoms with Crippen molar-refractivity contribution in [3.05, 3.63) is 23.8 Å². The molecule has 1 aliphatic carbocycles. The molecule has 3 fully saturated rings. The molecule has 0 spiro atoms. The number of hydrogen-bond donors (Lipinski definition) is 2. The quantitative estimate of drug-likeness (QED) is 0.684. The zero-order valence-corrected chi connectivity index (χ0v) is 18.1. The molecule has 172 valence electrons. The van der Waals surface area contributed by atoms with Gasteiger partial charge in [0.2, 0.25) is 12.3 Å². The molecule has 1 amide bonds. The predicted octanol–water partition coefficient (Wildman–Crippen LogP) is 0.961. The third-order valence-electron chi connectivity index (χ3n) is 6.18. The van der Waals surface area contributed by atoms with Crippen LogP contribution in [0.4, 0.5) is 20.2 Å². The van der Waals surface area contributed by atoms with Crippen molar-refractivity contribution in [3.8, 4) is 0 Å². The van der Waals surface area contributed by atoms with Gasteiger partial charge in [0.15, 0.2) is 11.6 Å². The Labute approximate surface area is 181 Å². The van der Waals surface area contributed by atoms with E-state index in [0.29, 0.717) is 19.6 Å². The second kappa shape index (κ2) is 9.23. The largest absolute Gasteiger partial charge is 0.364 e. The summed E-state index contributed by atoms with van der Waals surface area (Å²) in [6, 6.07) is 2.48. The van der Waals surface area contributed by atoms with Gasteiger partial charge in [-0.2, -0.15) is 0 Å². The Balaban J connectivity index is 1.45. The molecule has 1 aromatic rings. The topological polar surface area (TPSA) is 71.5 Å². The van der Waals surface area contributed by atoms with Gasteiger partial charge >= 0.3 is 0 Å². The fourth-order valence-corrected chi connectivity index (χ4v) is 4.20. The van der Waals surface area contributed by atoms with Crippen LogP contribution in [-0.2, 0) is 9.53 Å². The van der Waals surface area contributed by atoms with Gasteiger partial charge in [0, 0.05) is 58.9 Å². The van der Waals surface area contributed by atoms with E-state index in [1.165, 1.54) is 36.8 Å². The van der Waals surface area contributed by atoms with Crippen molar-refractivity contribution in [1.29, 1.82) is 0 Å². The molecule has 2 aliphatic heterocycles. The van der Waals surface area contributed by atoms with Crippen molar-refractivity contribution in [3.63, 3.8) is 0 Å². The zero-order chi connectivity index (χ0) is 22.1. The first-order valence-corrected chi connectivity index (χ1v) is 10.9. The lowest BCUT2D eigenvalue weighted by molar-refractivity contribution is -0.121. The number of aliphatic hydroxyl groups is 1. The standard InChI is InChI=1S/C21H31F2N5O3/c1-14(29)24-11-17-13-28(21(30)31-17)16-9-18(22)20(19(23)10-16)26-6-5-25(2)27(8-7-26)12-15-3-4-15/h9-10,15,17,21,30H,3-8,11-13H2,1-2H3,(H,24,29)/t17-,21?/m0/s1. The van der Waals surface area contributed by atoms with Crippen LogP contribution in [0.5, 0.6) is 0 Å². The van der Waals surface area contributed by atoms with E-state index in [9.17, 15) is 9.90 Å². The molecule has 2 saturated heterocycles. The second-order valence-electron chi connectivity index (χ2n) is 8.66. The summed E-state index contributed by atoms with van der Waals surface area (Å²) in [6.07, 6.45) is 0.724. The number of rotatable bonds is 6. The molecule has 1 aromatic carbocycles. The maximum absolute atomic E-state index is 15.1. The van der Waals surface area contributed by atoms with Crippen molar-refractivity contribution in [2.24, 2.45) is 5.92 Å². The average molecular weight is 440 g/mol. The number of hydrogen-bond acceptors (Lipinski definition) is 7. The van der Waals surface area contributed by atoms with Gasteiger partial charge in [-0.25, -0.2) is 18.8 Å². The number of ether oxygens (including phenoxy) is 1. The van der Waals surface area contributed by atoms with Crippen molar-refractivity contribution >= 4 is 17.3 Å². The predicted molar refractivity (Wildman–Crippen MR) is 112 cm³/mol. The molecule has 31 heavy (non-hydrogen) atoms. The molecule has 0 radical (unpaired) electrons. The Morgan fingerprint density at radius 3 is 2.52 bits per heavy atom. The molecule has 2 heterocycles. The van der Waals surface area contributed by atoms with Crippen LogP contribution in [0, 0.1) is 17.6 Å². The SMILES string of the molecule is CC(=O)NC[C@H]1CN(c2cc(F)c(N3CCN(C)N(CC4CC4)CC3)c(F)c2)C(O)O1. The highest BCUT2D eigenvalue weighted by molar-refractivity contribution is 5.72. The van der Waals surface area contributed by atoms with Crippen LogP contribution in [0.1, 0.15) is 19.8 Å². The van der Waals surface area contributed by atoms with E-state index >= 15 is 8.78 Å². The lowest BCUT2D eigenvalue weighted by Gasteiger charge is -2.29. The van der Waals surface area contributed by atoms with Crippen LogP contribution < -0.4 is 15.1 Å². The molecule has 8 nitrogen and oxygen atoms in total. The first kappa shape index (κ1) is 22.2. The Morgan fingerprint density at radius 1 is 1.19 bits per heavy atom. The highest BCUT2D eigenvalue weighted by Gasteiger charge is 2.34. The Hall–Kier alpha value is -2.01. The highest BCUT2D eigenvalue weighted by Crippen LogP contribution is 2.33. The van der Waals surface area contributed by atoms with Gasteiger partial charge in [-0.3, -0.25) is 4.79 Å². The maximum Gasteiger partial charge on any atom is 0.238 e. The minimum Gasteiger partial charge on any atom is -0.364 e. The Morgan fingerprint density at radius 2 is 1.87 bits per heavy atom. The summed E-state index contributed by atoms with van der Waals surface area (Å²) in [5.74, 6) is -0.793. The van der Waals surface area contributed by atoms with Gasteiger partial charge in [0.05, 0.1) is 12.6 Å². The Bertz CT molecular complexity index is 786. The molecular weight excluding hydrogens is 408 g/mol. The van der Waals surface area contributed by atoms with E-state index in [1.54, 1.807) is 4.90 Å². The van der Waals surface area contributed by atoms with Gasteiger partial charge in [-0.1, -0.05) is 0 Å². The summed E-state index contributed by atoms with van der Waals surface area (Å²) < 4.78 is 35.5. The highest BCUT2D eigenvalue weighted by atomic mass is 19.1. The van der Waals surface area contributed by atoms with Crippen LogP contribution >= 0.6 is 0 Å². The summed E-state index contributed by atoms with van der Waals surface area (Å²) in [6.45, 7) is 5.29. The summed E-state index contributed by atoms with van der Waals surface area (Å²) in [5.41, 5.74) is 0.175. The average Bonchev–Trinajstić information content (AvgIpc) is 3.47. The Kier molecular flexibility index (Phi) is 6.61. The summed E-state index contributed by atoms with van der Waals surface area (Å²) >= 11 is 0. The molecule has 0 bridgehead atoms. The normalized spacial score (nSPS) is 25.7. The van der Waals surface area contributed by atoms with Crippen LogP contribution in [0.25, 0.3) is 0 Å². The van der Waals surface area contributed by atoms with Crippen LogP contribution in [-0.4, -0.2) is 86.4 Å². The molecule has 1 saturated carbocycles. The molecule has 10 heteroatoms. The number of hydrazine groups is 1. The first-order chi connectivity index (χ1) is 14.8. The monoisotopic (exact) mass is 439 g/mol. The zero-order valence-electron chi connectivity index (χ0n) is 18.1. The fourth-order valence-electron chi connectivity index (χ4n) is 4.20. The fraction of sp³-hybridized carbons (Fsp3) is 0.667. The van der Waals surface area contributed by atoms with Gasteiger partial charge in [-0.05, 0) is 30.9 Å². The second-order valence-corrected chi connectivity index (χ2v) is 8.66. The number of carbonyl (C=O) groups excluding carboxylic acids is 1. The molecule has 1 unspecified atom stereocenters. The lowest BCUT2D eigenvalue weighted by atomic mass is 10.2. The molecule has 0 aromatic heterocycles. The summed E-state index contributed by atoms with van der Waals surface area (Å²) in [5, 5.41) is 17.2. The summed E-state index contributed by atoms with van der Waals surface area (Å²) in [4.78, 5) is 14.2. The summed E-state index contributed by atoms with van der Waals surface area (Å²) in [7, 11) is 2.02. The molecule has 2 N–H and O–H groups in total. The van der Waals surface area contributed by atoms with Gasteiger partial charge in [0.1, 0.15) is 5.69 Å². The molecular formula is C21H31F2N5O3. The third-order valence-corrected chi connectivity index (χ3v) is 6.18. The van der Waals surface area contributed by atoms with Crippen LogP contribution in [0.3, 0.4) is 0 Å². The van der Waals surface area contributed by atoms with Crippen molar-refractivity contribution in [1.82, 2.24) is 15.3 Å². The van der Waals surface area contributed by atoms with E-state index in [-0.39, 0.29) is 30.4 Å². The minimum atomic E-state index is -1.33.